The van der Waals surface area contributed by atoms with Gasteiger partial charge < -0.3 is 15.6 Å². The van der Waals surface area contributed by atoms with Crippen LogP contribution in [0.3, 0.4) is 0 Å². The van der Waals surface area contributed by atoms with E-state index in [1.165, 1.54) is 19.3 Å². The second-order valence-corrected chi connectivity index (χ2v) is 4.94. The first-order chi connectivity index (χ1) is 9.31. The highest BCUT2D eigenvalue weighted by molar-refractivity contribution is 5.77. The Morgan fingerprint density at radius 1 is 1.37 bits per heavy atom. The molecule has 2 rings (SSSR count). The van der Waals surface area contributed by atoms with E-state index in [1.807, 2.05) is 0 Å². The minimum Gasteiger partial charge on any atom is -0.370 e. The molecule has 1 aliphatic heterocycles. The number of aromatic nitrogens is 3. The maximum Gasteiger partial charge on any atom is 0.188 e. The Hall–Kier alpha value is -1.59. The minimum absolute atomic E-state index is 0.525. The number of nitrogens with one attached hydrogen (secondary N) is 1. The molecule has 0 saturated carbocycles. The molecule has 0 saturated heterocycles. The summed E-state index contributed by atoms with van der Waals surface area (Å²) < 4.78 is 2.27. The summed E-state index contributed by atoms with van der Waals surface area (Å²) in [6.07, 6.45) is 6.66. The van der Waals surface area contributed by atoms with Crippen LogP contribution in [0, 0.1) is 0 Å². The molecule has 6 nitrogen and oxygen atoms in total. The Morgan fingerprint density at radius 3 is 3.11 bits per heavy atom. The van der Waals surface area contributed by atoms with Gasteiger partial charge in [-0.05, 0) is 19.3 Å². The molecule has 0 fully saturated rings. The summed E-state index contributed by atoms with van der Waals surface area (Å²) >= 11 is 0. The maximum absolute atomic E-state index is 5.76. The van der Waals surface area contributed by atoms with Crippen molar-refractivity contribution >= 4 is 5.96 Å². The lowest BCUT2D eigenvalue weighted by Gasteiger charge is -2.08. The average molecular weight is 264 g/mol. The molecular weight excluding hydrogens is 240 g/mol. The van der Waals surface area contributed by atoms with Crippen LogP contribution in [0.1, 0.15) is 44.3 Å². The van der Waals surface area contributed by atoms with Crippen molar-refractivity contribution in [1.29, 1.82) is 0 Å². The van der Waals surface area contributed by atoms with E-state index >= 15 is 0 Å². The van der Waals surface area contributed by atoms with Crippen LogP contribution in [-0.2, 0) is 19.4 Å². The molecule has 0 bridgehead atoms. The third kappa shape index (κ3) is 3.94. The molecule has 19 heavy (non-hydrogen) atoms. The van der Waals surface area contributed by atoms with Gasteiger partial charge in [0.05, 0.1) is 0 Å². The minimum atomic E-state index is 0.525. The van der Waals surface area contributed by atoms with Crippen LogP contribution in [0.4, 0.5) is 0 Å². The van der Waals surface area contributed by atoms with E-state index in [9.17, 15) is 0 Å². The molecule has 1 aliphatic rings. The van der Waals surface area contributed by atoms with Crippen molar-refractivity contribution in [2.75, 3.05) is 13.1 Å². The quantitative estimate of drug-likeness (QED) is 0.610. The molecule has 0 unspecified atom stereocenters. The van der Waals surface area contributed by atoms with Crippen molar-refractivity contribution in [2.45, 2.75) is 52.0 Å². The van der Waals surface area contributed by atoms with Crippen LogP contribution in [0.25, 0.3) is 0 Å². The summed E-state index contributed by atoms with van der Waals surface area (Å²) in [6.45, 7) is 4.68. The lowest BCUT2D eigenvalue weighted by Crippen LogP contribution is -2.33. The number of aliphatic imine (C=N–C) groups is 1. The highest BCUT2D eigenvalue weighted by atomic mass is 15.3. The smallest absolute Gasteiger partial charge is 0.188 e. The highest BCUT2D eigenvalue weighted by Crippen LogP contribution is 2.14. The molecule has 0 spiro atoms. The number of nitrogens with two attached hydrogens (primary N) is 1. The molecule has 0 atom stereocenters. The van der Waals surface area contributed by atoms with Crippen molar-refractivity contribution < 1.29 is 0 Å². The van der Waals surface area contributed by atoms with Gasteiger partial charge in [0.25, 0.3) is 0 Å². The normalized spacial score (nSPS) is 15.9. The number of hydrogen-bond acceptors (Lipinski definition) is 3. The Labute approximate surface area is 114 Å². The van der Waals surface area contributed by atoms with Crippen molar-refractivity contribution in [3.05, 3.63) is 11.6 Å². The van der Waals surface area contributed by atoms with E-state index in [4.69, 9.17) is 5.73 Å². The fraction of sp³-hybridized carbons (Fsp3) is 0.769. The molecule has 0 radical (unpaired) electrons. The molecule has 1 aromatic rings. The molecule has 1 aromatic heterocycles. The largest absolute Gasteiger partial charge is 0.370 e. The maximum atomic E-state index is 5.76. The Bertz CT molecular complexity index is 423. The molecule has 106 valence electrons. The second-order valence-electron chi connectivity index (χ2n) is 4.94. The van der Waals surface area contributed by atoms with Crippen molar-refractivity contribution in [3.8, 4) is 0 Å². The van der Waals surface area contributed by atoms with Gasteiger partial charge >= 0.3 is 0 Å². The lowest BCUT2D eigenvalue weighted by atomic mass is 10.2. The number of rotatable bonds is 5. The van der Waals surface area contributed by atoms with E-state index in [-0.39, 0.29) is 0 Å². The lowest BCUT2D eigenvalue weighted by molar-refractivity contribution is 0.601. The zero-order valence-electron chi connectivity index (χ0n) is 11.7. The third-order valence-electron chi connectivity index (χ3n) is 3.35. The van der Waals surface area contributed by atoms with Gasteiger partial charge in [0.2, 0.25) is 0 Å². The molecule has 0 aromatic carbocycles. The van der Waals surface area contributed by atoms with Crippen LogP contribution >= 0.6 is 0 Å². The van der Waals surface area contributed by atoms with Crippen LogP contribution in [0.15, 0.2) is 4.99 Å². The Balaban J connectivity index is 1.85. The number of nitrogens with zero attached hydrogens (tertiary/aromatic N) is 4. The fourth-order valence-corrected chi connectivity index (χ4v) is 2.32. The van der Waals surface area contributed by atoms with Gasteiger partial charge in [0.1, 0.15) is 11.6 Å². The van der Waals surface area contributed by atoms with Crippen LogP contribution < -0.4 is 11.1 Å². The van der Waals surface area contributed by atoms with Crippen molar-refractivity contribution in [2.24, 2.45) is 10.7 Å². The van der Waals surface area contributed by atoms with Crippen molar-refractivity contribution in [3.63, 3.8) is 0 Å². The SMILES string of the molecule is CCCN=C(N)NCCc1nnc2n1CCCCC2. The number of guanidine groups is 1. The third-order valence-corrected chi connectivity index (χ3v) is 3.35. The predicted octanol–water partition coefficient (Wildman–Crippen LogP) is 0.861. The topological polar surface area (TPSA) is 81.1 Å². The van der Waals surface area contributed by atoms with Gasteiger partial charge in [0.15, 0.2) is 5.96 Å². The van der Waals surface area contributed by atoms with Crippen molar-refractivity contribution in [1.82, 2.24) is 20.1 Å². The first-order valence-electron chi connectivity index (χ1n) is 7.26. The zero-order valence-corrected chi connectivity index (χ0v) is 11.7. The van der Waals surface area contributed by atoms with E-state index in [0.717, 1.165) is 50.5 Å². The summed E-state index contributed by atoms with van der Waals surface area (Å²) in [4.78, 5) is 4.20. The van der Waals surface area contributed by atoms with Crippen LogP contribution in [0.5, 0.6) is 0 Å². The van der Waals surface area contributed by atoms with Crippen LogP contribution in [0.2, 0.25) is 0 Å². The summed E-state index contributed by atoms with van der Waals surface area (Å²) in [5.41, 5.74) is 5.76. The molecule has 3 N–H and O–H groups in total. The van der Waals surface area contributed by atoms with Gasteiger partial charge in [0, 0.05) is 32.5 Å². The average Bonchev–Trinajstić information content (AvgIpc) is 2.65. The predicted molar refractivity (Wildman–Crippen MR) is 76.1 cm³/mol. The molecule has 0 aliphatic carbocycles. The zero-order chi connectivity index (χ0) is 13.5. The Morgan fingerprint density at radius 2 is 2.26 bits per heavy atom. The fourth-order valence-electron chi connectivity index (χ4n) is 2.32. The van der Waals surface area contributed by atoms with Crippen LogP contribution in [-0.4, -0.2) is 33.8 Å². The number of hydrogen-bond donors (Lipinski definition) is 2. The van der Waals surface area contributed by atoms with Gasteiger partial charge in [-0.1, -0.05) is 13.3 Å². The summed E-state index contributed by atoms with van der Waals surface area (Å²) in [5.74, 6) is 2.73. The second kappa shape index (κ2) is 7.11. The monoisotopic (exact) mass is 264 g/mol. The first kappa shape index (κ1) is 13.8. The number of fused-ring (bicyclic) bond motifs is 1. The molecule has 2 heterocycles. The van der Waals surface area contributed by atoms with E-state index in [1.54, 1.807) is 0 Å². The molecular formula is C13H24N6. The van der Waals surface area contributed by atoms with Gasteiger partial charge in [-0.3, -0.25) is 4.99 Å². The van der Waals surface area contributed by atoms with E-state index in [2.05, 4.69) is 32.0 Å². The van der Waals surface area contributed by atoms with Gasteiger partial charge in [-0.2, -0.15) is 0 Å². The van der Waals surface area contributed by atoms with Gasteiger partial charge in [-0.15, -0.1) is 10.2 Å². The molecule has 6 heteroatoms. The molecule has 0 amide bonds. The summed E-state index contributed by atoms with van der Waals surface area (Å²) in [6, 6.07) is 0. The standard InChI is InChI=1S/C13H24N6/c1-2-8-15-13(14)16-9-7-12-18-17-11-6-4-3-5-10-19(11)12/h2-10H2,1H3,(H3,14,15,16). The summed E-state index contributed by atoms with van der Waals surface area (Å²) in [7, 11) is 0. The first-order valence-corrected chi connectivity index (χ1v) is 7.26. The summed E-state index contributed by atoms with van der Waals surface area (Å²) in [5, 5.41) is 11.7. The van der Waals surface area contributed by atoms with Gasteiger partial charge in [-0.25, -0.2) is 0 Å². The van der Waals surface area contributed by atoms with E-state index in [0.29, 0.717) is 5.96 Å². The Kier molecular flexibility index (Phi) is 5.18. The van der Waals surface area contributed by atoms with E-state index < -0.39 is 0 Å². The highest BCUT2D eigenvalue weighted by Gasteiger charge is 2.13. The number of aryl methyl sites for hydroxylation is 1.